The predicted octanol–water partition coefficient (Wildman–Crippen LogP) is 5.21. The summed E-state index contributed by atoms with van der Waals surface area (Å²) in [6.45, 7) is 3.61. The molecule has 0 bridgehead atoms. The number of carbonyl (C=O) groups excluding carboxylic acids is 1. The van der Waals surface area contributed by atoms with Gasteiger partial charge in [0.25, 0.3) is 10.0 Å². The topological polar surface area (TPSA) is 85.6 Å². The Bertz CT molecular complexity index is 1420. The lowest BCUT2D eigenvalue weighted by Gasteiger charge is -2.16. The number of esters is 1. The third kappa shape index (κ3) is 4.21. The van der Waals surface area contributed by atoms with E-state index in [1.807, 2.05) is 6.92 Å². The van der Waals surface area contributed by atoms with Gasteiger partial charge in [-0.25, -0.2) is 17.2 Å². The number of hydrogen-bond donors (Lipinski definition) is 1. The molecule has 1 heterocycles. The number of benzene rings is 3. The van der Waals surface area contributed by atoms with Crippen LogP contribution in [0.2, 0.25) is 0 Å². The molecule has 8 heteroatoms. The lowest BCUT2D eigenvalue weighted by molar-refractivity contribution is -0.153. The molecule has 6 nitrogen and oxygen atoms in total. The highest BCUT2D eigenvalue weighted by Crippen LogP contribution is 2.40. The molecule has 1 unspecified atom stereocenters. The van der Waals surface area contributed by atoms with Gasteiger partial charge < -0.3 is 9.84 Å². The van der Waals surface area contributed by atoms with Crippen LogP contribution in [0.3, 0.4) is 0 Å². The molecule has 1 aromatic heterocycles. The Kier molecular flexibility index (Phi) is 6.43. The Morgan fingerprint density at radius 1 is 1.03 bits per heavy atom. The van der Waals surface area contributed by atoms with Crippen molar-refractivity contribution in [1.82, 2.24) is 3.97 Å². The van der Waals surface area contributed by atoms with Crippen molar-refractivity contribution >= 4 is 42.8 Å². The predicted molar refractivity (Wildman–Crippen MR) is 130 cm³/mol. The summed E-state index contributed by atoms with van der Waals surface area (Å²) >= 11 is 3.40. The number of carbonyl (C=O) groups is 1. The normalized spacial score (nSPS) is 12.6. The number of nitrogens with zero attached hydrogens (tertiary/aromatic N) is 1. The van der Waals surface area contributed by atoms with Gasteiger partial charge in [-0.2, -0.15) is 0 Å². The van der Waals surface area contributed by atoms with Crippen LogP contribution < -0.4 is 0 Å². The van der Waals surface area contributed by atoms with Crippen LogP contribution >= 0.6 is 15.9 Å². The molecule has 4 rings (SSSR count). The number of halogens is 1. The van der Waals surface area contributed by atoms with Crippen molar-refractivity contribution in [3.05, 3.63) is 88.4 Å². The monoisotopic (exact) mass is 527 g/mol. The molecule has 1 N–H and O–H groups in total. The molecular weight excluding hydrogens is 506 g/mol. The first-order chi connectivity index (χ1) is 15.8. The maximum Gasteiger partial charge on any atom is 0.339 e. The number of fused-ring (bicyclic) bond motifs is 1. The fourth-order valence-corrected chi connectivity index (χ4v) is 5.62. The van der Waals surface area contributed by atoms with Gasteiger partial charge in [-0.1, -0.05) is 64.0 Å². The second kappa shape index (κ2) is 9.13. The van der Waals surface area contributed by atoms with Crippen molar-refractivity contribution in [2.24, 2.45) is 0 Å². The molecular formula is C25H22BrNO5S. The quantitative estimate of drug-likeness (QED) is 0.347. The summed E-state index contributed by atoms with van der Waals surface area (Å²) < 4.78 is 34.9. The van der Waals surface area contributed by atoms with Gasteiger partial charge in [0.05, 0.1) is 22.7 Å². The van der Waals surface area contributed by atoms with Crippen molar-refractivity contribution in [2.75, 3.05) is 6.61 Å². The van der Waals surface area contributed by atoms with Gasteiger partial charge >= 0.3 is 5.97 Å². The Hall–Kier alpha value is -2.94. The average Bonchev–Trinajstić information content (AvgIpc) is 3.15. The number of para-hydroxylation sites is 1. The molecule has 1 atom stereocenters. The highest BCUT2D eigenvalue weighted by molar-refractivity contribution is 9.10. The van der Waals surface area contributed by atoms with Gasteiger partial charge in [0, 0.05) is 15.4 Å². The van der Waals surface area contributed by atoms with E-state index in [1.54, 1.807) is 79.7 Å². The SMILES string of the molecule is CCOC(=O)C(O)c1c(-c2ccc(Br)cc2)n(S(=O)(=O)c2ccc(C)cc2)c2ccccc12. The third-order valence-electron chi connectivity index (χ3n) is 5.33. The van der Waals surface area contributed by atoms with Crippen LogP contribution in [-0.2, 0) is 19.6 Å². The zero-order chi connectivity index (χ0) is 23.8. The van der Waals surface area contributed by atoms with Crippen LogP contribution in [0.1, 0.15) is 24.2 Å². The van der Waals surface area contributed by atoms with E-state index in [1.165, 1.54) is 3.97 Å². The van der Waals surface area contributed by atoms with Crippen LogP contribution in [0.15, 0.2) is 82.2 Å². The Labute approximate surface area is 200 Å². The van der Waals surface area contributed by atoms with Gasteiger partial charge in [0.15, 0.2) is 6.10 Å². The first-order valence-corrected chi connectivity index (χ1v) is 12.5. The molecule has 0 saturated carbocycles. The third-order valence-corrected chi connectivity index (χ3v) is 7.59. The molecule has 3 aromatic carbocycles. The van der Waals surface area contributed by atoms with Crippen molar-refractivity contribution in [1.29, 1.82) is 0 Å². The number of ether oxygens (including phenoxy) is 1. The highest BCUT2D eigenvalue weighted by atomic mass is 79.9. The molecule has 0 aliphatic carbocycles. The number of aromatic nitrogens is 1. The van der Waals surface area contributed by atoms with Crippen LogP contribution in [0.25, 0.3) is 22.2 Å². The van der Waals surface area contributed by atoms with Gasteiger partial charge in [0.1, 0.15) is 0 Å². The van der Waals surface area contributed by atoms with Crippen molar-refractivity contribution in [3.8, 4) is 11.3 Å². The number of aliphatic hydroxyl groups is 1. The van der Waals surface area contributed by atoms with Crippen LogP contribution in [0.5, 0.6) is 0 Å². The van der Waals surface area contributed by atoms with E-state index in [2.05, 4.69) is 15.9 Å². The zero-order valence-corrected chi connectivity index (χ0v) is 20.4. The van der Waals surface area contributed by atoms with E-state index >= 15 is 0 Å². The summed E-state index contributed by atoms with van der Waals surface area (Å²) in [5, 5.41) is 11.5. The largest absolute Gasteiger partial charge is 0.464 e. The standard InChI is InChI=1S/C25H22BrNO5S/c1-3-32-25(29)24(28)22-20-6-4-5-7-21(20)27(23(22)17-10-12-18(26)13-11-17)33(30,31)19-14-8-16(2)9-15-19/h4-15,24,28H,3H2,1-2H3. The van der Waals surface area contributed by atoms with E-state index in [0.717, 1.165) is 10.0 Å². The van der Waals surface area contributed by atoms with Gasteiger partial charge in [-0.05, 0) is 49.7 Å². The van der Waals surface area contributed by atoms with E-state index in [4.69, 9.17) is 4.74 Å². The summed E-state index contributed by atoms with van der Waals surface area (Å²) in [5.74, 6) is -0.841. The lowest BCUT2D eigenvalue weighted by Crippen LogP contribution is -2.18. The number of aryl methyl sites for hydroxylation is 1. The van der Waals surface area contributed by atoms with Crippen LogP contribution in [0, 0.1) is 6.92 Å². The minimum Gasteiger partial charge on any atom is -0.464 e. The molecule has 4 aromatic rings. The summed E-state index contributed by atoms with van der Waals surface area (Å²) in [7, 11) is -4.08. The second-order valence-corrected chi connectivity index (χ2v) is 10.2. The smallest absolute Gasteiger partial charge is 0.339 e. The zero-order valence-electron chi connectivity index (χ0n) is 18.0. The van der Waals surface area contributed by atoms with Crippen molar-refractivity contribution < 1.29 is 23.1 Å². The Balaban J connectivity index is 2.12. The fourth-order valence-electron chi connectivity index (χ4n) is 3.80. The minimum absolute atomic E-state index is 0.0871. The van der Waals surface area contributed by atoms with E-state index in [-0.39, 0.29) is 22.8 Å². The fraction of sp³-hybridized carbons (Fsp3) is 0.160. The van der Waals surface area contributed by atoms with Gasteiger partial charge in [0.2, 0.25) is 0 Å². The first-order valence-electron chi connectivity index (χ1n) is 10.3. The number of hydrogen-bond acceptors (Lipinski definition) is 5. The lowest BCUT2D eigenvalue weighted by atomic mass is 10.0. The number of aliphatic hydroxyl groups excluding tert-OH is 1. The van der Waals surface area contributed by atoms with Gasteiger partial charge in [-0.15, -0.1) is 0 Å². The van der Waals surface area contributed by atoms with E-state index in [0.29, 0.717) is 16.5 Å². The Morgan fingerprint density at radius 2 is 1.67 bits per heavy atom. The molecule has 0 aliphatic heterocycles. The van der Waals surface area contributed by atoms with E-state index in [9.17, 15) is 18.3 Å². The molecule has 0 spiro atoms. The maximum atomic E-state index is 13.9. The summed E-state index contributed by atoms with van der Waals surface area (Å²) in [5.41, 5.74) is 2.21. The minimum atomic E-state index is -4.08. The first kappa shape index (κ1) is 23.2. The van der Waals surface area contributed by atoms with Crippen molar-refractivity contribution in [2.45, 2.75) is 24.8 Å². The molecule has 0 saturated heterocycles. The van der Waals surface area contributed by atoms with Crippen LogP contribution in [-0.4, -0.2) is 30.1 Å². The average molecular weight is 528 g/mol. The molecule has 170 valence electrons. The van der Waals surface area contributed by atoms with Gasteiger partial charge in [-0.3, -0.25) is 0 Å². The Morgan fingerprint density at radius 3 is 2.30 bits per heavy atom. The molecule has 33 heavy (non-hydrogen) atoms. The van der Waals surface area contributed by atoms with Crippen molar-refractivity contribution in [3.63, 3.8) is 0 Å². The molecule has 0 amide bonds. The van der Waals surface area contributed by atoms with Crippen LogP contribution in [0.4, 0.5) is 0 Å². The number of rotatable bonds is 6. The summed E-state index contributed by atoms with van der Waals surface area (Å²) in [4.78, 5) is 12.7. The molecule has 0 radical (unpaired) electrons. The molecule has 0 fully saturated rings. The molecule has 0 aliphatic rings. The second-order valence-electron chi connectivity index (χ2n) is 7.52. The maximum absolute atomic E-state index is 13.9. The highest BCUT2D eigenvalue weighted by Gasteiger charge is 2.33. The summed E-state index contributed by atoms with van der Waals surface area (Å²) in [6.07, 6.45) is -1.66. The summed E-state index contributed by atoms with van der Waals surface area (Å²) in [6, 6.07) is 20.4. The van der Waals surface area contributed by atoms with E-state index < -0.39 is 22.1 Å².